The van der Waals surface area contributed by atoms with E-state index in [1.165, 1.54) is 12.0 Å². The van der Waals surface area contributed by atoms with Gasteiger partial charge in [-0.3, -0.25) is 24.1 Å². The number of imide groups is 1. The average Bonchev–Trinajstić information content (AvgIpc) is 3.26. The summed E-state index contributed by atoms with van der Waals surface area (Å²) < 4.78 is 4.93. The highest BCUT2D eigenvalue weighted by Crippen LogP contribution is 2.57. The Morgan fingerprint density at radius 2 is 1.76 bits per heavy atom. The molecule has 0 unspecified atom stereocenters. The van der Waals surface area contributed by atoms with Gasteiger partial charge in [0.1, 0.15) is 5.54 Å². The Bertz CT molecular complexity index is 1150. The van der Waals surface area contributed by atoms with Crippen molar-refractivity contribution in [1.29, 1.82) is 0 Å². The molecule has 8 nitrogen and oxygen atoms in total. The van der Waals surface area contributed by atoms with E-state index in [1.54, 1.807) is 12.1 Å². The van der Waals surface area contributed by atoms with Gasteiger partial charge in [0.05, 0.1) is 31.1 Å². The zero-order valence-corrected chi connectivity index (χ0v) is 18.5. The SMILES string of the molecule is COC(=O)C[C@]12C(=O)NCCN1[C@H](c1ccccc1)[C@@H]1C(=O)N(c3ccccc3C)C(=O)[C@H]12. The summed E-state index contributed by atoms with van der Waals surface area (Å²) in [6.07, 6.45) is -0.305. The van der Waals surface area contributed by atoms with Gasteiger partial charge in [0.2, 0.25) is 17.7 Å². The first-order valence-corrected chi connectivity index (χ1v) is 11.0. The first kappa shape index (κ1) is 21.3. The maximum atomic E-state index is 13.9. The van der Waals surface area contributed by atoms with Crippen LogP contribution in [0.5, 0.6) is 0 Å². The molecule has 3 aliphatic heterocycles. The lowest BCUT2D eigenvalue weighted by molar-refractivity contribution is -0.154. The minimum absolute atomic E-state index is 0.305. The Morgan fingerprint density at radius 3 is 2.45 bits per heavy atom. The molecule has 3 aliphatic rings. The van der Waals surface area contributed by atoms with E-state index >= 15 is 0 Å². The van der Waals surface area contributed by atoms with Crippen molar-refractivity contribution in [2.45, 2.75) is 24.9 Å². The lowest BCUT2D eigenvalue weighted by Crippen LogP contribution is -2.67. The lowest BCUT2D eigenvalue weighted by atomic mass is 9.76. The van der Waals surface area contributed by atoms with E-state index in [0.29, 0.717) is 18.8 Å². The second-order valence-electron chi connectivity index (χ2n) is 8.78. The number of carbonyl (C=O) groups excluding carboxylic acids is 4. The normalized spacial score (nSPS) is 29.0. The molecule has 3 fully saturated rings. The Kier molecular flexibility index (Phi) is 5.05. The second kappa shape index (κ2) is 7.81. The summed E-state index contributed by atoms with van der Waals surface area (Å²) >= 11 is 0. The summed E-state index contributed by atoms with van der Waals surface area (Å²) in [6, 6.07) is 16.1. The number of benzene rings is 2. The zero-order chi connectivity index (χ0) is 23.3. The molecule has 3 heterocycles. The molecule has 2 aromatic rings. The summed E-state index contributed by atoms with van der Waals surface area (Å²) in [7, 11) is 1.26. The van der Waals surface area contributed by atoms with E-state index in [4.69, 9.17) is 4.74 Å². The van der Waals surface area contributed by atoms with Gasteiger partial charge < -0.3 is 10.1 Å². The van der Waals surface area contributed by atoms with Gasteiger partial charge in [-0.2, -0.15) is 0 Å². The third-order valence-corrected chi connectivity index (χ3v) is 7.22. The highest BCUT2D eigenvalue weighted by Gasteiger charge is 2.73. The largest absolute Gasteiger partial charge is 0.469 e. The molecule has 0 radical (unpaired) electrons. The minimum Gasteiger partial charge on any atom is -0.469 e. The van der Waals surface area contributed by atoms with Crippen LogP contribution in [0.15, 0.2) is 54.6 Å². The molecule has 0 aromatic heterocycles. The number of nitrogens with zero attached hydrogens (tertiary/aromatic N) is 2. The number of para-hydroxylation sites is 1. The summed E-state index contributed by atoms with van der Waals surface area (Å²) in [5.41, 5.74) is 0.620. The van der Waals surface area contributed by atoms with Crippen LogP contribution in [0.2, 0.25) is 0 Å². The first-order valence-electron chi connectivity index (χ1n) is 11.0. The van der Waals surface area contributed by atoms with Gasteiger partial charge in [-0.1, -0.05) is 48.5 Å². The Balaban J connectivity index is 1.72. The van der Waals surface area contributed by atoms with E-state index < -0.39 is 41.2 Å². The molecule has 33 heavy (non-hydrogen) atoms. The first-order chi connectivity index (χ1) is 15.9. The fourth-order valence-corrected chi connectivity index (χ4v) is 5.86. The molecule has 3 saturated heterocycles. The van der Waals surface area contributed by atoms with Gasteiger partial charge in [-0.15, -0.1) is 0 Å². The Labute approximate surface area is 191 Å². The number of methoxy groups -OCH3 is 1. The number of amides is 3. The summed E-state index contributed by atoms with van der Waals surface area (Å²) in [6.45, 7) is 2.62. The maximum absolute atomic E-state index is 13.9. The number of hydrogen-bond acceptors (Lipinski definition) is 6. The number of ether oxygens (including phenoxy) is 1. The van der Waals surface area contributed by atoms with Crippen LogP contribution in [0.1, 0.15) is 23.6 Å². The number of nitrogens with one attached hydrogen (secondary N) is 1. The average molecular weight is 447 g/mol. The van der Waals surface area contributed by atoms with Gasteiger partial charge in [0.25, 0.3) is 0 Å². The van der Waals surface area contributed by atoms with Crippen LogP contribution in [0.3, 0.4) is 0 Å². The molecule has 2 aromatic carbocycles. The molecule has 8 heteroatoms. The number of fused-ring (bicyclic) bond motifs is 3. The molecule has 0 aliphatic carbocycles. The smallest absolute Gasteiger partial charge is 0.307 e. The van der Waals surface area contributed by atoms with Crippen LogP contribution in [-0.2, 0) is 23.9 Å². The number of rotatable bonds is 4. The van der Waals surface area contributed by atoms with Gasteiger partial charge >= 0.3 is 5.97 Å². The van der Waals surface area contributed by atoms with Crippen molar-refractivity contribution in [1.82, 2.24) is 10.2 Å². The maximum Gasteiger partial charge on any atom is 0.307 e. The number of anilines is 1. The van der Waals surface area contributed by atoms with Crippen LogP contribution in [0.25, 0.3) is 0 Å². The van der Waals surface area contributed by atoms with Gasteiger partial charge in [-0.25, -0.2) is 4.90 Å². The predicted octanol–water partition coefficient (Wildman–Crippen LogP) is 1.59. The monoisotopic (exact) mass is 447 g/mol. The van der Waals surface area contributed by atoms with Crippen molar-refractivity contribution in [3.05, 3.63) is 65.7 Å². The third-order valence-electron chi connectivity index (χ3n) is 7.22. The van der Waals surface area contributed by atoms with E-state index in [0.717, 1.165) is 11.1 Å². The molecular weight excluding hydrogens is 422 g/mol. The van der Waals surface area contributed by atoms with Crippen LogP contribution in [0, 0.1) is 18.8 Å². The van der Waals surface area contributed by atoms with Crippen molar-refractivity contribution >= 4 is 29.4 Å². The minimum atomic E-state index is -1.50. The van der Waals surface area contributed by atoms with Crippen molar-refractivity contribution < 1.29 is 23.9 Å². The van der Waals surface area contributed by atoms with Crippen molar-refractivity contribution in [3.8, 4) is 0 Å². The van der Waals surface area contributed by atoms with Crippen LogP contribution < -0.4 is 10.2 Å². The topological polar surface area (TPSA) is 96.0 Å². The number of hydrogen-bond donors (Lipinski definition) is 1. The van der Waals surface area contributed by atoms with E-state index in [-0.39, 0.29) is 12.3 Å². The molecule has 0 spiro atoms. The van der Waals surface area contributed by atoms with Crippen LogP contribution in [-0.4, -0.2) is 54.3 Å². The molecule has 5 rings (SSSR count). The predicted molar refractivity (Wildman–Crippen MR) is 119 cm³/mol. The van der Waals surface area contributed by atoms with E-state index in [9.17, 15) is 19.2 Å². The highest BCUT2D eigenvalue weighted by molar-refractivity contribution is 6.25. The quantitative estimate of drug-likeness (QED) is 0.565. The third kappa shape index (κ3) is 2.94. The number of aryl methyl sites for hydroxylation is 1. The molecular formula is C25H25N3O5. The highest BCUT2D eigenvalue weighted by atomic mass is 16.5. The molecule has 4 atom stereocenters. The van der Waals surface area contributed by atoms with Gasteiger partial charge in [-0.05, 0) is 24.1 Å². The summed E-state index contributed by atoms with van der Waals surface area (Å²) in [5.74, 6) is -3.62. The van der Waals surface area contributed by atoms with Crippen molar-refractivity contribution in [2.75, 3.05) is 25.1 Å². The molecule has 0 bridgehead atoms. The van der Waals surface area contributed by atoms with Crippen molar-refractivity contribution in [3.63, 3.8) is 0 Å². The van der Waals surface area contributed by atoms with E-state index in [2.05, 4.69) is 5.32 Å². The summed E-state index contributed by atoms with van der Waals surface area (Å²) in [5, 5.41) is 2.84. The lowest BCUT2D eigenvalue weighted by Gasteiger charge is -2.45. The standard InChI is InChI=1S/C25H25N3O5/c1-15-8-6-7-11-17(15)28-22(30)19-20(23(28)31)25(14-18(29)33-2)24(32)26-12-13-27(25)21(19)16-9-4-3-5-10-16/h3-11,19-21H,12-14H2,1-2H3,(H,26,32)/t19-,20+,21-,25+/m1/s1. The van der Waals surface area contributed by atoms with Crippen molar-refractivity contribution in [2.24, 2.45) is 11.8 Å². The number of piperazine rings is 1. The zero-order valence-electron chi connectivity index (χ0n) is 18.5. The fourth-order valence-electron chi connectivity index (χ4n) is 5.86. The second-order valence-corrected chi connectivity index (χ2v) is 8.78. The van der Waals surface area contributed by atoms with E-state index in [1.807, 2.05) is 54.3 Å². The molecule has 170 valence electrons. The molecule has 0 saturated carbocycles. The van der Waals surface area contributed by atoms with Crippen LogP contribution >= 0.6 is 0 Å². The Morgan fingerprint density at radius 1 is 1.06 bits per heavy atom. The number of esters is 1. The molecule has 3 amide bonds. The van der Waals surface area contributed by atoms with Crippen LogP contribution in [0.4, 0.5) is 5.69 Å². The Hall–Kier alpha value is -3.52. The summed E-state index contributed by atoms with van der Waals surface area (Å²) in [4.78, 5) is 57.0. The van der Waals surface area contributed by atoms with Gasteiger partial charge in [0, 0.05) is 19.1 Å². The fraction of sp³-hybridized carbons (Fsp3) is 0.360. The van der Waals surface area contributed by atoms with Gasteiger partial charge in [0.15, 0.2) is 0 Å². The number of carbonyl (C=O) groups is 4. The molecule has 1 N–H and O–H groups in total.